The summed E-state index contributed by atoms with van der Waals surface area (Å²) in [6.45, 7) is 10.0. The molecule has 0 aliphatic carbocycles. The van der Waals surface area contributed by atoms with Gasteiger partial charge < -0.3 is 14.5 Å². The van der Waals surface area contributed by atoms with Crippen LogP contribution < -0.4 is 20.4 Å². The third kappa shape index (κ3) is 4.44. The maximum atomic E-state index is 13.4. The average Bonchev–Trinajstić information content (AvgIpc) is 3.14. The van der Waals surface area contributed by atoms with Crippen LogP contribution in [0.4, 0.5) is 4.79 Å². The minimum atomic E-state index is -2.55. The van der Waals surface area contributed by atoms with E-state index in [0.29, 0.717) is 11.3 Å². The van der Waals surface area contributed by atoms with Gasteiger partial charge in [-0.05, 0) is 48.8 Å². The topological polar surface area (TPSA) is 67.9 Å². The van der Waals surface area contributed by atoms with Gasteiger partial charge in [0.05, 0.1) is 12.6 Å². The lowest BCUT2D eigenvalue weighted by Crippen LogP contribution is -2.78. The summed E-state index contributed by atoms with van der Waals surface area (Å²) in [5.41, 5.74) is -0.471. The average molecular weight is 539 g/mol. The second kappa shape index (κ2) is 10.0. The Morgan fingerprint density at radius 1 is 0.923 bits per heavy atom. The predicted molar refractivity (Wildman–Crippen MR) is 154 cm³/mol. The predicted octanol–water partition coefficient (Wildman–Crippen LogP) is 4.18. The minimum absolute atomic E-state index is 0.00400. The van der Waals surface area contributed by atoms with Crippen LogP contribution >= 0.6 is 0 Å². The van der Waals surface area contributed by atoms with Crippen molar-refractivity contribution in [2.45, 2.75) is 57.4 Å². The van der Waals surface area contributed by atoms with Crippen molar-refractivity contribution < 1.29 is 18.8 Å². The van der Waals surface area contributed by atoms with Crippen LogP contribution in [0.15, 0.2) is 84.9 Å². The first kappa shape index (κ1) is 26.7. The summed E-state index contributed by atoms with van der Waals surface area (Å²) in [4.78, 5) is 27.4. The van der Waals surface area contributed by atoms with Crippen molar-refractivity contribution in [3.8, 4) is 17.6 Å². The first-order chi connectivity index (χ1) is 18.6. The van der Waals surface area contributed by atoms with Gasteiger partial charge in [0.1, 0.15) is 17.4 Å². The normalized spacial score (nSPS) is 23.0. The summed E-state index contributed by atoms with van der Waals surface area (Å²) in [6.07, 6.45) is -0.267. The van der Waals surface area contributed by atoms with Crippen LogP contribution in [0.5, 0.6) is 5.75 Å². The largest absolute Gasteiger partial charge is 0.491 e. The summed E-state index contributed by atoms with van der Waals surface area (Å²) >= 11 is 0. The molecule has 2 atom stereocenters. The highest BCUT2D eigenvalue weighted by Crippen LogP contribution is 2.52. The lowest BCUT2D eigenvalue weighted by Gasteiger charge is -2.58. The van der Waals surface area contributed by atoms with Crippen molar-refractivity contribution in [2.75, 3.05) is 6.54 Å². The molecule has 2 saturated heterocycles. The molecular formula is C32H34N2O4Si. The van der Waals surface area contributed by atoms with Crippen LogP contribution in [0, 0.1) is 11.8 Å². The van der Waals surface area contributed by atoms with E-state index in [4.69, 9.17) is 9.16 Å². The number of imide groups is 1. The highest BCUT2D eigenvalue weighted by Gasteiger charge is 2.66. The number of carbonyl (C=O) groups is 2. The monoisotopic (exact) mass is 538 g/mol. The molecule has 6 nitrogen and oxygen atoms in total. The third-order valence-electron chi connectivity index (χ3n) is 7.77. The molecule has 2 fully saturated rings. The van der Waals surface area contributed by atoms with Gasteiger partial charge in [0.15, 0.2) is 0 Å². The molecule has 0 aromatic heterocycles. The van der Waals surface area contributed by atoms with E-state index in [1.807, 2.05) is 74.5 Å². The van der Waals surface area contributed by atoms with Crippen molar-refractivity contribution in [3.63, 3.8) is 0 Å². The number of carbonyl (C=O) groups excluding carboxylic acids is 2. The Morgan fingerprint density at radius 3 is 2.00 bits per heavy atom. The number of hydrogen-bond acceptors (Lipinski definition) is 4. The highest BCUT2D eigenvalue weighted by molar-refractivity contribution is 7.01. The van der Waals surface area contributed by atoms with Gasteiger partial charge in [-0.25, -0.2) is 4.79 Å². The molecule has 2 aliphatic rings. The SMILES string of the molecule is CC(C)Oc1ccc(C2(C)NC(=O)N(CC#CC3O[Si](c4ccccc4)(c4ccccc4)C3(C)C)C2=O)cc1. The Hall–Kier alpha value is -3.86. The van der Waals surface area contributed by atoms with Crippen LogP contribution in [0.3, 0.4) is 0 Å². The zero-order chi connectivity index (χ0) is 27.8. The lowest BCUT2D eigenvalue weighted by molar-refractivity contribution is -0.130. The molecule has 3 aromatic rings. The fraction of sp³-hybridized carbons (Fsp3) is 0.312. The molecule has 5 rings (SSSR count). The van der Waals surface area contributed by atoms with Crippen molar-refractivity contribution in [2.24, 2.45) is 0 Å². The molecule has 2 aliphatic heterocycles. The maximum Gasteiger partial charge on any atom is 0.326 e. The summed E-state index contributed by atoms with van der Waals surface area (Å²) in [6, 6.07) is 27.6. The van der Waals surface area contributed by atoms with Gasteiger partial charge in [-0.1, -0.05) is 98.5 Å². The number of amides is 3. The quantitative estimate of drug-likeness (QED) is 0.291. The number of ether oxygens (including phenoxy) is 1. The zero-order valence-electron chi connectivity index (χ0n) is 23.0. The molecule has 3 aromatic carbocycles. The molecule has 0 spiro atoms. The molecule has 2 heterocycles. The lowest BCUT2D eigenvalue weighted by atomic mass is 9.92. The number of rotatable bonds is 6. The fourth-order valence-corrected chi connectivity index (χ4v) is 10.4. The van der Waals surface area contributed by atoms with Gasteiger partial charge in [-0.15, -0.1) is 0 Å². The molecule has 39 heavy (non-hydrogen) atoms. The smallest absolute Gasteiger partial charge is 0.326 e. The van der Waals surface area contributed by atoms with Crippen molar-refractivity contribution in [1.29, 1.82) is 0 Å². The van der Waals surface area contributed by atoms with Gasteiger partial charge >= 0.3 is 6.03 Å². The number of benzene rings is 3. The van der Waals surface area contributed by atoms with Gasteiger partial charge in [0, 0.05) is 5.04 Å². The molecule has 1 N–H and O–H groups in total. The van der Waals surface area contributed by atoms with E-state index in [-0.39, 0.29) is 29.7 Å². The summed E-state index contributed by atoms with van der Waals surface area (Å²) in [5.74, 6) is 6.70. The molecule has 0 radical (unpaired) electrons. The molecule has 3 amide bonds. The number of nitrogens with zero attached hydrogens (tertiary/aromatic N) is 1. The van der Waals surface area contributed by atoms with Gasteiger partial charge in [-0.2, -0.15) is 0 Å². The van der Waals surface area contributed by atoms with Crippen LogP contribution in [0.1, 0.15) is 40.2 Å². The minimum Gasteiger partial charge on any atom is -0.491 e. The Balaban J connectivity index is 1.33. The molecule has 7 heteroatoms. The van der Waals surface area contributed by atoms with Gasteiger partial charge in [-0.3, -0.25) is 9.69 Å². The van der Waals surface area contributed by atoms with Crippen LogP contribution in [-0.4, -0.2) is 43.9 Å². The second-order valence-corrected chi connectivity index (χ2v) is 15.1. The van der Waals surface area contributed by atoms with E-state index >= 15 is 0 Å². The molecule has 200 valence electrons. The Bertz CT molecular complexity index is 1390. The Labute approximate surface area is 231 Å². The fourth-order valence-electron chi connectivity index (χ4n) is 5.60. The third-order valence-corrected chi connectivity index (χ3v) is 12.7. The van der Waals surface area contributed by atoms with Gasteiger partial charge in [0.2, 0.25) is 0 Å². The van der Waals surface area contributed by atoms with E-state index in [9.17, 15) is 9.59 Å². The Kier molecular flexibility index (Phi) is 6.87. The maximum absolute atomic E-state index is 13.4. The first-order valence-electron chi connectivity index (χ1n) is 13.3. The number of nitrogens with one attached hydrogen (secondary N) is 1. The first-order valence-corrected chi connectivity index (χ1v) is 15.2. The standard InChI is InChI=1S/C32H34N2O4Si/c1-23(2)37-25-20-18-24(19-21-25)32(5)29(35)34(30(36)33-32)22-12-17-28-31(3,4)39(38-28,26-13-8-6-9-14-26)27-15-10-7-11-16-27/h6-11,13-16,18-21,23,28H,22H2,1-5H3,(H,33,36). The van der Waals surface area contributed by atoms with Crippen LogP contribution in [0.2, 0.25) is 5.04 Å². The second-order valence-electron chi connectivity index (χ2n) is 11.1. The van der Waals surface area contributed by atoms with Crippen molar-refractivity contribution in [3.05, 3.63) is 90.5 Å². The van der Waals surface area contributed by atoms with E-state index < -0.39 is 19.9 Å². The zero-order valence-corrected chi connectivity index (χ0v) is 24.0. The van der Waals surface area contributed by atoms with E-state index in [0.717, 1.165) is 0 Å². The molecular weight excluding hydrogens is 504 g/mol. The van der Waals surface area contributed by atoms with Crippen LogP contribution in [0.25, 0.3) is 0 Å². The van der Waals surface area contributed by atoms with E-state index in [1.165, 1.54) is 15.3 Å². The summed E-state index contributed by atoms with van der Waals surface area (Å²) < 4.78 is 12.4. The Morgan fingerprint density at radius 2 is 1.49 bits per heavy atom. The van der Waals surface area contributed by atoms with E-state index in [2.05, 4.69) is 55.3 Å². The molecule has 0 saturated carbocycles. The van der Waals surface area contributed by atoms with Gasteiger partial charge in [0.25, 0.3) is 14.2 Å². The molecule has 0 bridgehead atoms. The van der Waals surface area contributed by atoms with Crippen LogP contribution in [-0.2, 0) is 14.8 Å². The van der Waals surface area contributed by atoms with Crippen molar-refractivity contribution in [1.82, 2.24) is 10.2 Å². The number of hydrogen-bond donors (Lipinski definition) is 1. The summed E-state index contributed by atoms with van der Waals surface area (Å²) in [7, 11) is -2.55. The van der Waals surface area contributed by atoms with Crippen molar-refractivity contribution >= 4 is 30.6 Å². The van der Waals surface area contributed by atoms with E-state index in [1.54, 1.807) is 6.92 Å². The summed E-state index contributed by atoms with van der Waals surface area (Å²) in [5, 5.41) is 5.03. The highest BCUT2D eigenvalue weighted by atomic mass is 28.4. The molecule has 2 unspecified atom stereocenters. The number of urea groups is 1.